The first-order valence-electron chi connectivity index (χ1n) is 8.31. The molecule has 0 unspecified atom stereocenters. The molecule has 1 N–H and O–H groups in total. The van der Waals surface area contributed by atoms with Crippen molar-refractivity contribution in [1.82, 2.24) is 10.3 Å². The Morgan fingerprint density at radius 1 is 1.19 bits per heavy atom. The Balaban J connectivity index is 2.21. The summed E-state index contributed by atoms with van der Waals surface area (Å²) in [7, 11) is 0. The first-order chi connectivity index (χ1) is 12.4. The van der Waals surface area contributed by atoms with Crippen LogP contribution in [0.2, 0.25) is 5.02 Å². The van der Waals surface area contributed by atoms with E-state index in [1.165, 1.54) is 12.3 Å². The summed E-state index contributed by atoms with van der Waals surface area (Å²) in [4.78, 5) is 26.4. The zero-order valence-corrected chi connectivity index (χ0v) is 16.6. The number of nitro groups is 1. The molecule has 0 aliphatic heterocycles. The van der Waals surface area contributed by atoms with Crippen LogP contribution in [0.25, 0.3) is 11.3 Å². The van der Waals surface area contributed by atoms with Crippen molar-refractivity contribution in [3.8, 4) is 11.3 Å². The molecule has 1 aromatic heterocycles. The third kappa shape index (κ3) is 5.40. The van der Waals surface area contributed by atoms with E-state index in [2.05, 4.69) is 10.3 Å². The molecular formula is C19H22ClN3O4. The number of halogens is 1. The van der Waals surface area contributed by atoms with Crippen molar-refractivity contribution in [2.75, 3.05) is 0 Å². The highest BCUT2D eigenvalue weighted by atomic mass is 35.5. The average Bonchev–Trinajstić information content (AvgIpc) is 2.52. The van der Waals surface area contributed by atoms with Gasteiger partial charge in [-0.1, -0.05) is 35.9 Å². The highest BCUT2D eigenvalue weighted by molar-refractivity contribution is 6.33. The monoisotopic (exact) mass is 391 g/mol. The van der Waals surface area contributed by atoms with Crippen LogP contribution in [0, 0.1) is 10.1 Å². The fourth-order valence-corrected chi connectivity index (χ4v) is 2.69. The lowest BCUT2D eigenvalue weighted by Crippen LogP contribution is -2.43. The number of aromatic nitrogens is 1. The summed E-state index contributed by atoms with van der Waals surface area (Å²) in [5, 5.41) is 13.8. The molecule has 0 fully saturated rings. The molecule has 2 aromatic rings. The number of carbonyl (C=O) groups excluding carboxylic acids is 1. The predicted octanol–water partition coefficient (Wildman–Crippen LogP) is 5.07. The molecule has 0 spiro atoms. The average molecular weight is 392 g/mol. The largest absolute Gasteiger partial charge is 0.444 e. The number of carbonyl (C=O) groups is 1. The van der Waals surface area contributed by atoms with E-state index in [9.17, 15) is 14.9 Å². The molecule has 1 heterocycles. The van der Waals surface area contributed by atoms with Gasteiger partial charge in [0.25, 0.3) is 5.69 Å². The fourth-order valence-electron chi connectivity index (χ4n) is 2.42. The Morgan fingerprint density at radius 3 is 2.26 bits per heavy atom. The molecule has 0 saturated heterocycles. The van der Waals surface area contributed by atoms with Gasteiger partial charge >= 0.3 is 6.09 Å². The van der Waals surface area contributed by atoms with E-state index >= 15 is 0 Å². The Bertz CT molecular complexity index is 858. The number of nitrogens with one attached hydrogen (secondary N) is 1. The van der Waals surface area contributed by atoms with E-state index < -0.39 is 22.2 Å². The van der Waals surface area contributed by atoms with Crippen molar-refractivity contribution in [3.63, 3.8) is 0 Å². The number of ether oxygens (including phenoxy) is 1. The summed E-state index contributed by atoms with van der Waals surface area (Å²) in [5.41, 5.74) is 0.618. The van der Waals surface area contributed by atoms with Crippen LogP contribution in [0.4, 0.5) is 10.5 Å². The molecule has 27 heavy (non-hydrogen) atoms. The molecular weight excluding hydrogens is 370 g/mol. The highest BCUT2D eigenvalue weighted by Crippen LogP contribution is 2.30. The van der Waals surface area contributed by atoms with Gasteiger partial charge in [0.05, 0.1) is 21.2 Å². The third-order valence-corrected chi connectivity index (χ3v) is 4.02. The summed E-state index contributed by atoms with van der Waals surface area (Å²) in [5.74, 6) is 0. The summed E-state index contributed by atoms with van der Waals surface area (Å²) in [6, 6.07) is 8.55. The molecule has 0 bridgehead atoms. The van der Waals surface area contributed by atoms with Gasteiger partial charge in [0, 0.05) is 11.6 Å². The standard InChI is InChI=1S/C19H22ClN3O4/c1-18(2,3)27-17(24)22-19(4,5)13-8-6-12(7-9-13)16-15(20)10-14(11-21-16)23(25)26/h6-11H,1-5H3,(H,22,24). The number of alkyl carbamates (subject to hydrolysis) is 1. The van der Waals surface area contributed by atoms with Crippen molar-refractivity contribution in [2.45, 2.75) is 45.8 Å². The maximum Gasteiger partial charge on any atom is 0.408 e. The van der Waals surface area contributed by atoms with Gasteiger partial charge < -0.3 is 10.1 Å². The van der Waals surface area contributed by atoms with Crippen LogP contribution in [-0.2, 0) is 10.3 Å². The number of rotatable bonds is 4. The van der Waals surface area contributed by atoms with Gasteiger partial charge in [-0.2, -0.15) is 0 Å². The minimum atomic E-state index is -0.659. The SMILES string of the molecule is CC(C)(C)OC(=O)NC(C)(C)c1ccc(-c2ncc([N+](=O)[O-])cc2Cl)cc1. The molecule has 1 aromatic carbocycles. The molecule has 144 valence electrons. The second kappa shape index (κ2) is 7.52. The van der Waals surface area contributed by atoms with Gasteiger partial charge in [0.2, 0.25) is 0 Å². The zero-order chi connectivity index (χ0) is 20.4. The van der Waals surface area contributed by atoms with Crippen LogP contribution < -0.4 is 5.32 Å². The summed E-state index contributed by atoms with van der Waals surface area (Å²) in [6.07, 6.45) is 0.667. The van der Waals surface area contributed by atoms with Crippen molar-refractivity contribution < 1.29 is 14.5 Å². The van der Waals surface area contributed by atoms with E-state index in [1.54, 1.807) is 32.9 Å². The summed E-state index contributed by atoms with van der Waals surface area (Å²) < 4.78 is 5.30. The minimum absolute atomic E-state index is 0.164. The van der Waals surface area contributed by atoms with E-state index in [0.29, 0.717) is 11.3 Å². The minimum Gasteiger partial charge on any atom is -0.444 e. The van der Waals surface area contributed by atoms with Crippen LogP contribution in [0.3, 0.4) is 0 Å². The van der Waals surface area contributed by atoms with Crippen molar-refractivity contribution in [1.29, 1.82) is 0 Å². The quantitative estimate of drug-likeness (QED) is 0.579. The van der Waals surface area contributed by atoms with E-state index in [-0.39, 0.29) is 10.7 Å². The van der Waals surface area contributed by atoms with Gasteiger partial charge in [-0.05, 0) is 40.2 Å². The Hall–Kier alpha value is -2.67. The maximum atomic E-state index is 12.1. The molecule has 0 aliphatic carbocycles. The van der Waals surface area contributed by atoms with E-state index in [4.69, 9.17) is 16.3 Å². The summed E-state index contributed by atoms with van der Waals surface area (Å²) in [6.45, 7) is 9.13. The molecule has 0 atom stereocenters. The molecule has 8 heteroatoms. The van der Waals surface area contributed by atoms with Crippen LogP contribution in [0.1, 0.15) is 40.2 Å². The lowest BCUT2D eigenvalue weighted by molar-refractivity contribution is -0.385. The number of amides is 1. The third-order valence-electron chi connectivity index (χ3n) is 3.73. The predicted molar refractivity (Wildman–Crippen MR) is 104 cm³/mol. The Labute approximate surface area is 162 Å². The molecule has 0 saturated carbocycles. The molecule has 0 aliphatic rings. The highest BCUT2D eigenvalue weighted by Gasteiger charge is 2.26. The smallest absolute Gasteiger partial charge is 0.408 e. The number of benzene rings is 1. The summed E-state index contributed by atoms with van der Waals surface area (Å²) >= 11 is 6.13. The zero-order valence-electron chi connectivity index (χ0n) is 15.9. The Morgan fingerprint density at radius 2 is 1.78 bits per heavy atom. The van der Waals surface area contributed by atoms with Gasteiger partial charge in [-0.3, -0.25) is 10.1 Å². The van der Waals surface area contributed by atoms with Crippen LogP contribution in [0.15, 0.2) is 36.5 Å². The second-order valence-electron chi connectivity index (χ2n) is 7.61. The van der Waals surface area contributed by atoms with Crippen LogP contribution >= 0.6 is 11.6 Å². The first kappa shape index (κ1) is 20.6. The number of pyridine rings is 1. The lowest BCUT2D eigenvalue weighted by Gasteiger charge is -2.29. The normalized spacial score (nSPS) is 11.8. The topological polar surface area (TPSA) is 94.4 Å². The lowest BCUT2D eigenvalue weighted by atomic mass is 9.93. The molecule has 7 nitrogen and oxygen atoms in total. The maximum absolute atomic E-state index is 12.1. The van der Waals surface area contributed by atoms with Crippen LogP contribution in [0.5, 0.6) is 0 Å². The number of hydrogen-bond acceptors (Lipinski definition) is 5. The van der Waals surface area contributed by atoms with Gasteiger partial charge in [0.1, 0.15) is 11.8 Å². The second-order valence-corrected chi connectivity index (χ2v) is 8.02. The number of nitrogens with zero attached hydrogens (tertiary/aromatic N) is 2. The Kier molecular flexibility index (Phi) is 5.75. The van der Waals surface area contributed by atoms with Crippen molar-refractivity contribution in [2.24, 2.45) is 0 Å². The molecule has 2 rings (SSSR count). The van der Waals surface area contributed by atoms with Gasteiger partial charge in [0.15, 0.2) is 0 Å². The van der Waals surface area contributed by atoms with Crippen molar-refractivity contribution in [3.05, 3.63) is 57.2 Å². The molecule has 0 radical (unpaired) electrons. The first-order valence-corrected chi connectivity index (χ1v) is 8.69. The van der Waals surface area contributed by atoms with Crippen LogP contribution in [-0.4, -0.2) is 21.6 Å². The fraction of sp³-hybridized carbons (Fsp3) is 0.368. The van der Waals surface area contributed by atoms with Gasteiger partial charge in [-0.25, -0.2) is 9.78 Å². The molecule has 1 amide bonds. The number of hydrogen-bond donors (Lipinski definition) is 1. The van der Waals surface area contributed by atoms with Crippen molar-refractivity contribution >= 4 is 23.4 Å². The van der Waals surface area contributed by atoms with E-state index in [0.717, 1.165) is 5.56 Å². The van der Waals surface area contributed by atoms with E-state index in [1.807, 2.05) is 26.0 Å². The van der Waals surface area contributed by atoms with Gasteiger partial charge in [-0.15, -0.1) is 0 Å².